The number of rotatable bonds is 6. The van der Waals surface area contributed by atoms with E-state index in [9.17, 15) is 8.78 Å². The maximum Gasteiger partial charge on any atom is 0.387 e. The summed E-state index contributed by atoms with van der Waals surface area (Å²) >= 11 is 0. The van der Waals surface area contributed by atoms with Crippen LogP contribution in [0.25, 0.3) is 22.3 Å². The van der Waals surface area contributed by atoms with Crippen LogP contribution in [0.4, 0.5) is 8.78 Å². The lowest BCUT2D eigenvalue weighted by atomic mass is 10.1. The monoisotopic (exact) mass is 447 g/mol. The molecule has 0 amide bonds. The highest BCUT2D eigenvalue weighted by Gasteiger charge is 2.15. The Morgan fingerprint density at radius 1 is 1.09 bits per heavy atom. The van der Waals surface area contributed by atoms with Gasteiger partial charge in [-0.3, -0.25) is 0 Å². The maximum absolute atomic E-state index is 12.8. The fourth-order valence-electron chi connectivity index (χ4n) is 4.10. The Hall–Kier alpha value is -3.65. The van der Waals surface area contributed by atoms with Crippen molar-refractivity contribution >= 4 is 11.2 Å². The molecular weight excluding hydrogens is 424 g/mol. The lowest BCUT2D eigenvalue weighted by Crippen LogP contribution is -2.20. The van der Waals surface area contributed by atoms with Gasteiger partial charge in [0.15, 0.2) is 5.82 Å². The minimum Gasteiger partial charge on any atom is -0.435 e. The molecule has 0 saturated heterocycles. The average molecular weight is 447 g/mol. The Balaban J connectivity index is 1.48. The van der Waals surface area contributed by atoms with E-state index in [-0.39, 0.29) is 5.75 Å². The Bertz CT molecular complexity index is 1310. The van der Waals surface area contributed by atoms with Crippen LogP contribution in [0.15, 0.2) is 61.1 Å². The zero-order valence-electron chi connectivity index (χ0n) is 18.1. The summed E-state index contributed by atoms with van der Waals surface area (Å²) in [5.41, 5.74) is 6.22. The maximum atomic E-state index is 12.8. The second kappa shape index (κ2) is 9.07. The van der Waals surface area contributed by atoms with E-state index in [1.807, 2.05) is 48.1 Å². The fourth-order valence-corrected chi connectivity index (χ4v) is 4.10. The summed E-state index contributed by atoms with van der Waals surface area (Å²) in [7, 11) is 0. The number of pyridine rings is 1. The van der Waals surface area contributed by atoms with E-state index in [2.05, 4.69) is 26.3 Å². The Morgan fingerprint density at radius 3 is 2.67 bits per heavy atom. The minimum absolute atomic E-state index is 0.175. The van der Waals surface area contributed by atoms with Crippen LogP contribution in [-0.4, -0.2) is 39.1 Å². The predicted octanol–water partition coefficient (Wildman–Crippen LogP) is 4.67. The zero-order valence-corrected chi connectivity index (χ0v) is 18.1. The van der Waals surface area contributed by atoms with Crippen molar-refractivity contribution in [2.24, 2.45) is 0 Å². The van der Waals surface area contributed by atoms with Crippen LogP contribution in [0.5, 0.6) is 5.75 Å². The van der Waals surface area contributed by atoms with Gasteiger partial charge in [0.05, 0.1) is 5.69 Å². The summed E-state index contributed by atoms with van der Waals surface area (Å²) < 4.78 is 32.4. The number of aromatic nitrogens is 4. The molecular formula is C25H23F2N5O. The van der Waals surface area contributed by atoms with Crippen LogP contribution in [0.2, 0.25) is 0 Å². The highest BCUT2D eigenvalue weighted by molar-refractivity contribution is 5.66. The molecule has 168 valence electrons. The van der Waals surface area contributed by atoms with Gasteiger partial charge in [-0.05, 0) is 43.7 Å². The summed E-state index contributed by atoms with van der Waals surface area (Å²) in [6.07, 6.45) is 9.12. The predicted molar refractivity (Wildman–Crippen MR) is 122 cm³/mol. The number of alkyl halides is 2. The van der Waals surface area contributed by atoms with Crippen molar-refractivity contribution in [3.63, 3.8) is 0 Å². The topological polar surface area (TPSA) is 64.3 Å². The highest BCUT2D eigenvalue weighted by atomic mass is 19.3. The molecule has 3 aromatic heterocycles. The van der Waals surface area contributed by atoms with Gasteiger partial charge in [0, 0.05) is 53.9 Å². The van der Waals surface area contributed by atoms with Crippen molar-refractivity contribution < 1.29 is 13.5 Å². The van der Waals surface area contributed by atoms with Crippen molar-refractivity contribution in [2.45, 2.75) is 26.4 Å². The molecule has 0 atom stereocenters. The second-order valence-corrected chi connectivity index (χ2v) is 7.93. The molecule has 0 aliphatic carbocycles. The first-order chi connectivity index (χ1) is 16.1. The van der Waals surface area contributed by atoms with Gasteiger partial charge in [0.2, 0.25) is 0 Å². The third kappa shape index (κ3) is 4.47. The zero-order chi connectivity index (χ0) is 22.8. The molecule has 0 radical (unpaired) electrons. The molecule has 33 heavy (non-hydrogen) atoms. The van der Waals surface area contributed by atoms with E-state index in [1.54, 1.807) is 18.2 Å². The lowest BCUT2D eigenvalue weighted by Gasteiger charge is -2.13. The quantitative estimate of drug-likeness (QED) is 0.465. The Labute approximate surface area is 190 Å². The Morgan fingerprint density at radius 2 is 1.91 bits per heavy atom. The SMILES string of the molecule is Cc1nc2ccc(-c3cnc(C4=CCNCC4)nc3)cn2c1Cc1ccccc1OC(F)F. The molecule has 1 aliphatic heterocycles. The molecule has 6 nitrogen and oxygen atoms in total. The van der Waals surface area contributed by atoms with Gasteiger partial charge in [-0.25, -0.2) is 15.0 Å². The fraction of sp³-hybridized carbons (Fsp3) is 0.240. The first-order valence-electron chi connectivity index (χ1n) is 10.8. The van der Waals surface area contributed by atoms with E-state index in [1.165, 1.54) is 0 Å². The minimum atomic E-state index is -2.87. The summed E-state index contributed by atoms with van der Waals surface area (Å²) in [4.78, 5) is 13.8. The molecule has 0 unspecified atom stereocenters. The summed E-state index contributed by atoms with van der Waals surface area (Å²) in [6, 6.07) is 10.8. The molecule has 1 N–H and O–H groups in total. The van der Waals surface area contributed by atoms with Crippen LogP contribution in [0.1, 0.15) is 29.2 Å². The van der Waals surface area contributed by atoms with Gasteiger partial charge in [-0.2, -0.15) is 8.78 Å². The number of para-hydroxylation sites is 1. The normalized spacial score (nSPS) is 14.0. The van der Waals surface area contributed by atoms with E-state index < -0.39 is 6.61 Å². The van der Waals surface area contributed by atoms with Crippen LogP contribution in [0.3, 0.4) is 0 Å². The van der Waals surface area contributed by atoms with Gasteiger partial charge in [-0.15, -0.1) is 0 Å². The Kier molecular flexibility index (Phi) is 5.83. The third-order valence-corrected chi connectivity index (χ3v) is 5.80. The van der Waals surface area contributed by atoms with Crippen molar-refractivity contribution in [3.8, 4) is 16.9 Å². The standard InChI is InChI=1S/C25H23F2N5O/c1-16-21(12-18-4-2-3-5-22(18)33-25(26)27)32-15-19(6-7-23(32)31-16)20-13-29-24(30-14-20)17-8-10-28-11-9-17/h2-8,13-15,25,28H,9-12H2,1H3. The lowest BCUT2D eigenvalue weighted by molar-refractivity contribution is -0.0503. The highest BCUT2D eigenvalue weighted by Crippen LogP contribution is 2.27. The number of hydrogen-bond acceptors (Lipinski definition) is 5. The van der Waals surface area contributed by atoms with Crippen LogP contribution in [0, 0.1) is 6.92 Å². The van der Waals surface area contributed by atoms with Gasteiger partial charge in [0.25, 0.3) is 0 Å². The molecule has 4 aromatic rings. The summed E-state index contributed by atoms with van der Waals surface area (Å²) in [6.45, 7) is 0.820. The van der Waals surface area contributed by atoms with E-state index in [0.29, 0.717) is 12.0 Å². The van der Waals surface area contributed by atoms with E-state index >= 15 is 0 Å². The molecule has 0 fully saturated rings. The van der Waals surface area contributed by atoms with Crippen molar-refractivity contribution in [1.29, 1.82) is 0 Å². The number of nitrogens with one attached hydrogen (secondary N) is 1. The van der Waals surface area contributed by atoms with Crippen LogP contribution < -0.4 is 10.1 Å². The number of aryl methyl sites for hydroxylation is 1. The number of ether oxygens (including phenoxy) is 1. The van der Waals surface area contributed by atoms with Crippen molar-refractivity contribution in [1.82, 2.24) is 24.7 Å². The largest absolute Gasteiger partial charge is 0.435 e. The number of nitrogens with zero attached hydrogens (tertiary/aromatic N) is 4. The number of benzene rings is 1. The molecule has 0 bridgehead atoms. The molecule has 0 saturated carbocycles. The smallest absolute Gasteiger partial charge is 0.387 e. The third-order valence-electron chi connectivity index (χ3n) is 5.80. The van der Waals surface area contributed by atoms with Gasteiger partial charge in [0.1, 0.15) is 11.4 Å². The summed E-state index contributed by atoms with van der Waals surface area (Å²) in [5.74, 6) is 0.936. The van der Waals surface area contributed by atoms with E-state index in [4.69, 9.17) is 4.74 Å². The van der Waals surface area contributed by atoms with Crippen molar-refractivity contribution in [3.05, 3.63) is 83.8 Å². The van der Waals surface area contributed by atoms with Crippen LogP contribution in [-0.2, 0) is 6.42 Å². The van der Waals surface area contributed by atoms with Gasteiger partial charge in [-0.1, -0.05) is 24.3 Å². The number of fused-ring (bicyclic) bond motifs is 1. The molecule has 0 spiro atoms. The molecule has 4 heterocycles. The van der Waals surface area contributed by atoms with Crippen LogP contribution >= 0.6 is 0 Å². The molecule has 1 aliphatic rings. The molecule has 5 rings (SSSR count). The second-order valence-electron chi connectivity index (χ2n) is 7.93. The van der Waals surface area contributed by atoms with Gasteiger partial charge >= 0.3 is 6.61 Å². The molecule has 8 heteroatoms. The first-order valence-corrected chi connectivity index (χ1v) is 10.8. The first kappa shape index (κ1) is 21.2. The van der Waals surface area contributed by atoms with E-state index in [0.717, 1.165) is 59.1 Å². The van der Waals surface area contributed by atoms with Crippen molar-refractivity contribution in [2.75, 3.05) is 13.1 Å². The number of imidazole rings is 1. The molecule has 1 aromatic carbocycles. The number of halogens is 2. The average Bonchev–Trinajstić information content (AvgIpc) is 3.15. The number of hydrogen-bond donors (Lipinski definition) is 1. The van der Waals surface area contributed by atoms with Gasteiger partial charge < -0.3 is 14.5 Å². The summed E-state index contributed by atoms with van der Waals surface area (Å²) in [5, 5.41) is 3.29.